The molecule has 0 bridgehead atoms. The summed E-state index contributed by atoms with van der Waals surface area (Å²) >= 11 is 0. The van der Waals surface area contributed by atoms with E-state index in [4.69, 9.17) is 5.73 Å². The average Bonchev–Trinajstić information content (AvgIpc) is 1.78. The molecular formula is C8H16F3N. The highest BCUT2D eigenvalue weighted by Crippen LogP contribution is 2.27. The second-order valence-corrected chi connectivity index (χ2v) is 4.25. The van der Waals surface area contributed by atoms with Crippen molar-refractivity contribution in [2.24, 2.45) is 11.1 Å². The molecular weight excluding hydrogens is 167 g/mol. The Morgan fingerprint density at radius 1 is 1.17 bits per heavy atom. The summed E-state index contributed by atoms with van der Waals surface area (Å²) in [6.07, 6.45) is -3.74. The largest absolute Gasteiger partial charge is 0.403 e. The molecule has 0 fully saturated rings. The summed E-state index contributed by atoms with van der Waals surface area (Å²) in [6.45, 7) is 5.70. The molecule has 0 spiro atoms. The van der Waals surface area contributed by atoms with Crippen LogP contribution in [-0.2, 0) is 0 Å². The summed E-state index contributed by atoms with van der Waals surface area (Å²) in [4.78, 5) is 0. The van der Waals surface area contributed by atoms with E-state index in [1.54, 1.807) is 0 Å². The highest BCUT2D eigenvalue weighted by atomic mass is 19.4. The molecule has 0 aliphatic rings. The Bertz CT molecular complexity index is 134. The molecule has 0 saturated heterocycles. The second-order valence-electron chi connectivity index (χ2n) is 4.25. The first kappa shape index (κ1) is 11.8. The maximum absolute atomic E-state index is 11.9. The van der Waals surface area contributed by atoms with Crippen LogP contribution >= 0.6 is 0 Å². The molecule has 0 aromatic heterocycles. The van der Waals surface area contributed by atoms with Gasteiger partial charge in [0.1, 0.15) is 6.04 Å². The van der Waals surface area contributed by atoms with Gasteiger partial charge in [0.05, 0.1) is 0 Å². The maximum Gasteiger partial charge on any atom is 0.403 e. The third-order valence-electron chi connectivity index (χ3n) is 1.63. The van der Waals surface area contributed by atoms with Crippen LogP contribution in [0.3, 0.4) is 0 Å². The minimum absolute atomic E-state index is 0.00694. The third kappa shape index (κ3) is 5.41. The lowest BCUT2D eigenvalue weighted by Gasteiger charge is -2.22. The molecule has 0 heterocycles. The summed E-state index contributed by atoms with van der Waals surface area (Å²) in [5.41, 5.74) is 4.85. The topological polar surface area (TPSA) is 26.0 Å². The van der Waals surface area contributed by atoms with E-state index in [-0.39, 0.29) is 11.8 Å². The van der Waals surface area contributed by atoms with E-state index in [0.29, 0.717) is 6.42 Å². The SMILES string of the molecule is CC(C)(C)CCC(N)C(F)(F)F. The van der Waals surface area contributed by atoms with Crippen LogP contribution in [0, 0.1) is 5.41 Å². The number of hydrogen-bond acceptors (Lipinski definition) is 1. The van der Waals surface area contributed by atoms with Gasteiger partial charge >= 0.3 is 6.18 Å². The van der Waals surface area contributed by atoms with Crippen LogP contribution in [0.2, 0.25) is 0 Å². The fraction of sp³-hybridized carbons (Fsp3) is 1.00. The van der Waals surface area contributed by atoms with E-state index in [2.05, 4.69) is 0 Å². The molecule has 0 aromatic carbocycles. The Kier molecular flexibility index (Phi) is 3.57. The van der Waals surface area contributed by atoms with Gasteiger partial charge in [0.15, 0.2) is 0 Å². The van der Waals surface area contributed by atoms with Crippen LogP contribution in [0.4, 0.5) is 13.2 Å². The Labute approximate surface area is 71.1 Å². The summed E-state index contributed by atoms with van der Waals surface area (Å²) in [5, 5.41) is 0. The molecule has 0 amide bonds. The minimum atomic E-state index is -4.24. The highest BCUT2D eigenvalue weighted by Gasteiger charge is 2.36. The molecule has 0 aliphatic carbocycles. The monoisotopic (exact) mass is 183 g/mol. The third-order valence-corrected chi connectivity index (χ3v) is 1.63. The van der Waals surface area contributed by atoms with E-state index >= 15 is 0 Å². The lowest BCUT2D eigenvalue weighted by Crippen LogP contribution is -2.37. The van der Waals surface area contributed by atoms with Crippen LogP contribution in [0.1, 0.15) is 33.6 Å². The molecule has 0 aromatic rings. The number of alkyl halides is 3. The van der Waals surface area contributed by atoms with Crippen molar-refractivity contribution >= 4 is 0 Å². The first-order valence-corrected chi connectivity index (χ1v) is 3.95. The van der Waals surface area contributed by atoms with Gasteiger partial charge in [0.2, 0.25) is 0 Å². The lowest BCUT2D eigenvalue weighted by molar-refractivity contribution is -0.149. The minimum Gasteiger partial charge on any atom is -0.320 e. The van der Waals surface area contributed by atoms with Gasteiger partial charge in [0.25, 0.3) is 0 Å². The molecule has 74 valence electrons. The second kappa shape index (κ2) is 3.64. The van der Waals surface area contributed by atoms with E-state index < -0.39 is 12.2 Å². The van der Waals surface area contributed by atoms with Gasteiger partial charge in [0, 0.05) is 0 Å². The molecule has 1 nitrogen and oxygen atoms in total. The van der Waals surface area contributed by atoms with E-state index in [1.165, 1.54) is 0 Å². The van der Waals surface area contributed by atoms with Crippen molar-refractivity contribution in [2.45, 2.75) is 45.8 Å². The van der Waals surface area contributed by atoms with Crippen molar-refractivity contribution < 1.29 is 13.2 Å². The molecule has 12 heavy (non-hydrogen) atoms. The van der Waals surface area contributed by atoms with Crippen molar-refractivity contribution in [3.05, 3.63) is 0 Å². The van der Waals surface area contributed by atoms with E-state index in [9.17, 15) is 13.2 Å². The van der Waals surface area contributed by atoms with Crippen LogP contribution in [0.15, 0.2) is 0 Å². The molecule has 0 aliphatic heterocycles. The Hall–Kier alpha value is -0.250. The Morgan fingerprint density at radius 2 is 1.58 bits per heavy atom. The fourth-order valence-electron chi connectivity index (χ4n) is 0.752. The normalized spacial score (nSPS) is 16.2. The van der Waals surface area contributed by atoms with Gasteiger partial charge in [-0.05, 0) is 18.3 Å². The Balaban J connectivity index is 3.80. The van der Waals surface area contributed by atoms with Crippen molar-refractivity contribution in [1.82, 2.24) is 0 Å². The van der Waals surface area contributed by atoms with Crippen LogP contribution in [-0.4, -0.2) is 12.2 Å². The smallest absolute Gasteiger partial charge is 0.320 e. The molecule has 0 rings (SSSR count). The highest BCUT2D eigenvalue weighted by molar-refractivity contribution is 4.73. The van der Waals surface area contributed by atoms with Gasteiger partial charge in [-0.25, -0.2) is 0 Å². The standard InChI is InChI=1S/C8H16F3N/c1-7(2,3)5-4-6(12)8(9,10)11/h6H,4-5,12H2,1-3H3. The van der Waals surface area contributed by atoms with Crippen molar-refractivity contribution in [2.75, 3.05) is 0 Å². The molecule has 0 radical (unpaired) electrons. The van der Waals surface area contributed by atoms with Gasteiger partial charge in [-0.1, -0.05) is 20.8 Å². The van der Waals surface area contributed by atoms with Gasteiger partial charge < -0.3 is 5.73 Å². The van der Waals surface area contributed by atoms with Crippen molar-refractivity contribution in [3.63, 3.8) is 0 Å². The predicted molar refractivity (Wildman–Crippen MR) is 42.7 cm³/mol. The molecule has 1 unspecified atom stereocenters. The van der Waals surface area contributed by atoms with Gasteiger partial charge in [-0.15, -0.1) is 0 Å². The number of halogens is 3. The molecule has 2 N–H and O–H groups in total. The van der Waals surface area contributed by atoms with Crippen LogP contribution in [0.25, 0.3) is 0 Å². The molecule has 1 atom stereocenters. The first-order valence-electron chi connectivity index (χ1n) is 3.95. The molecule has 0 saturated carbocycles. The summed E-state index contributed by atoms with van der Waals surface area (Å²) in [5.74, 6) is 0. The first-order chi connectivity index (χ1) is 5.13. The van der Waals surface area contributed by atoms with E-state index in [0.717, 1.165) is 0 Å². The van der Waals surface area contributed by atoms with Crippen molar-refractivity contribution in [1.29, 1.82) is 0 Å². The summed E-state index contributed by atoms with van der Waals surface area (Å²) < 4.78 is 35.7. The average molecular weight is 183 g/mol. The fourth-order valence-corrected chi connectivity index (χ4v) is 0.752. The van der Waals surface area contributed by atoms with E-state index in [1.807, 2.05) is 20.8 Å². The number of hydrogen-bond donors (Lipinski definition) is 1. The van der Waals surface area contributed by atoms with Gasteiger partial charge in [-0.3, -0.25) is 0 Å². The molecule has 4 heteroatoms. The zero-order valence-electron chi connectivity index (χ0n) is 7.70. The summed E-state index contributed by atoms with van der Waals surface area (Å²) in [6, 6.07) is -1.67. The van der Waals surface area contributed by atoms with Crippen molar-refractivity contribution in [3.8, 4) is 0 Å². The zero-order valence-corrected chi connectivity index (χ0v) is 7.70. The lowest BCUT2D eigenvalue weighted by atomic mass is 9.89. The number of rotatable bonds is 2. The quantitative estimate of drug-likeness (QED) is 0.699. The maximum atomic E-state index is 11.9. The zero-order chi connectivity index (χ0) is 9.99. The van der Waals surface area contributed by atoms with Crippen LogP contribution in [0.5, 0.6) is 0 Å². The van der Waals surface area contributed by atoms with Gasteiger partial charge in [-0.2, -0.15) is 13.2 Å². The number of nitrogens with two attached hydrogens (primary N) is 1. The predicted octanol–water partition coefficient (Wildman–Crippen LogP) is 2.70. The Morgan fingerprint density at radius 3 is 1.83 bits per heavy atom. The summed E-state index contributed by atoms with van der Waals surface area (Å²) in [7, 11) is 0. The van der Waals surface area contributed by atoms with Crippen LogP contribution < -0.4 is 5.73 Å².